The minimum atomic E-state index is -3.72. The lowest BCUT2D eigenvalue weighted by atomic mass is 9.95. The molecule has 0 atom stereocenters. The number of halogens is 1. The van der Waals surface area contributed by atoms with Crippen LogP contribution in [0.25, 0.3) is 0 Å². The summed E-state index contributed by atoms with van der Waals surface area (Å²) in [5, 5.41) is 3.92. The summed E-state index contributed by atoms with van der Waals surface area (Å²) < 4.78 is 41.0. The Balaban J connectivity index is 1.44. The van der Waals surface area contributed by atoms with Crippen LogP contribution in [0.15, 0.2) is 41.7 Å². The van der Waals surface area contributed by atoms with Gasteiger partial charge in [-0.05, 0) is 44.4 Å². The number of nitrogens with zero attached hydrogens (tertiary/aromatic N) is 4. The van der Waals surface area contributed by atoms with Crippen LogP contribution in [0.4, 0.5) is 15.3 Å². The van der Waals surface area contributed by atoms with E-state index >= 15 is 0 Å². The van der Waals surface area contributed by atoms with Crippen molar-refractivity contribution in [1.29, 1.82) is 0 Å². The summed E-state index contributed by atoms with van der Waals surface area (Å²) in [7, 11) is -3.72. The second-order valence-electron chi connectivity index (χ2n) is 7.32. The molecule has 1 aliphatic rings. The fourth-order valence-electron chi connectivity index (χ4n) is 3.44. The van der Waals surface area contributed by atoms with Crippen molar-refractivity contribution in [3.8, 4) is 0 Å². The van der Waals surface area contributed by atoms with Gasteiger partial charge in [0.05, 0.1) is 16.8 Å². The first-order valence-electron chi connectivity index (χ1n) is 9.60. The molecule has 0 bridgehead atoms. The average Bonchev–Trinajstić information content (AvgIpc) is 3.15. The summed E-state index contributed by atoms with van der Waals surface area (Å²) in [6, 6.07) is 4.05. The highest BCUT2D eigenvalue weighted by molar-refractivity contribution is 7.89. The third-order valence-corrected chi connectivity index (χ3v) is 7.89. The molecule has 1 N–H and O–H groups in total. The summed E-state index contributed by atoms with van der Waals surface area (Å²) in [6.07, 6.45) is 6.42. The molecule has 2 aromatic heterocycles. The number of piperidine rings is 1. The van der Waals surface area contributed by atoms with Crippen molar-refractivity contribution in [1.82, 2.24) is 19.3 Å². The monoisotopic (exact) mass is 447 g/mol. The zero-order chi connectivity index (χ0) is 21.3. The molecule has 1 aromatic carbocycles. The maximum absolute atomic E-state index is 13.8. The van der Waals surface area contributed by atoms with Crippen molar-refractivity contribution in [2.45, 2.75) is 37.5 Å². The summed E-state index contributed by atoms with van der Waals surface area (Å²) in [5.41, 5.74) is 1.25. The molecule has 3 heterocycles. The van der Waals surface area contributed by atoms with E-state index in [9.17, 15) is 12.8 Å². The summed E-state index contributed by atoms with van der Waals surface area (Å²) in [4.78, 5) is 14.3. The van der Waals surface area contributed by atoms with Crippen molar-refractivity contribution >= 4 is 32.3 Å². The Kier molecular flexibility index (Phi) is 5.81. The minimum Gasteiger partial charge on any atom is -0.315 e. The van der Waals surface area contributed by atoms with Gasteiger partial charge in [0.15, 0.2) is 10.9 Å². The Morgan fingerprint density at radius 1 is 1.17 bits per heavy atom. The summed E-state index contributed by atoms with van der Waals surface area (Å²) >= 11 is 1.54. The van der Waals surface area contributed by atoms with E-state index in [-0.39, 0.29) is 10.8 Å². The number of hydrogen-bond donors (Lipinski definition) is 1. The molecule has 0 saturated carbocycles. The van der Waals surface area contributed by atoms with Crippen LogP contribution in [0, 0.1) is 19.7 Å². The lowest BCUT2D eigenvalue weighted by Crippen LogP contribution is -2.38. The van der Waals surface area contributed by atoms with E-state index in [1.165, 1.54) is 27.8 Å². The Labute approximate surface area is 179 Å². The van der Waals surface area contributed by atoms with Crippen LogP contribution >= 0.6 is 11.3 Å². The van der Waals surface area contributed by atoms with E-state index in [0.717, 1.165) is 21.8 Å². The highest BCUT2D eigenvalue weighted by Crippen LogP contribution is 2.31. The third kappa shape index (κ3) is 4.35. The van der Waals surface area contributed by atoms with E-state index in [1.54, 1.807) is 25.5 Å². The Morgan fingerprint density at radius 3 is 2.60 bits per heavy atom. The molecule has 10 heteroatoms. The number of aromatic nitrogens is 3. The minimum absolute atomic E-state index is 0.00576. The molecule has 7 nitrogen and oxygen atoms in total. The maximum atomic E-state index is 13.8. The number of nitrogens with one attached hydrogen (secondary N) is 1. The molecule has 1 fully saturated rings. The van der Waals surface area contributed by atoms with Gasteiger partial charge < -0.3 is 5.32 Å². The largest absolute Gasteiger partial charge is 0.315 e. The SMILES string of the molecule is Cc1cnc(Nc2cncc(C3CCN(S(=O)(=O)c4ccc(C)c(F)c4)CC3)n2)s1. The zero-order valence-electron chi connectivity index (χ0n) is 16.7. The van der Waals surface area contributed by atoms with Gasteiger partial charge in [0, 0.05) is 36.3 Å². The number of aryl methyl sites for hydroxylation is 2. The molecule has 4 rings (SSSR count). The molecule has 0 radical (unpaired) electrons. The number of rotatable bonds is 5. The topological polar surface area (TPSA) is 88.1 Å². The fraction of sp³-hybridized carbons (Fsp3) is 0.350. The standard InChI is InChI=1S/C20H22FN5O2S2/c1-13-3-4-16(9-17(13)21)30(27,28)26-7-5-15(6-8-26)18-11-22-12-19(24-18)25-20-23-10-14(2)29-20/h3-4,9-12,15H,5-8H2,1-2H3,(H,23,24,25). The number of hydrogen-bond acceptors (Lipinski definition) is 7. The second kappa shape index (κ2) is 8.37. The molecule has 0 spiro atoms. The number of sulfonamides is 1. The van der Waals surface area contributed by atoms with Crippen LogP contribution in [0.5, 0.6) is 0 Å². The smallest absolute Gasteiger partial charge is 0.243 e. The number of thiazole rings is 1. The van der Waals surface area contributed by atoms with Crippen molar-refractivity contribution in [2.24, 2.45) is 0 Å². The molecule has 0 aliphatic carbocycles. The summed E-state index contributed by atoms with van der Waals surface area (Å²) in [6.45, 7) is 4.30. The predicted octanol–water partition coefficient (Wildman–Crippen LogP) is 4.00. The van der Waals surface area contributed by atoms with E-state index in [2.05, 4.69) is 20.3 Å². The van der Waals surface area contributed by atoms with Crippen LogP contribution in [0.2, 0.25) is 0 Å². The number of benzene rings is 1. The first kappa shape index (κ1) is 20.8. The first-order chi connectivity index (χ1) is 14.3. The van der Waals surface area contributed by atoms with Gasteiger partial charge in [0.1, 0.15) is 5.82 Å². The lowest BCUT2D eigenvalue weighted by Gasteiger charge is -2.31. The van der Waals surface area contributed by atoms with Crippen molar-refractivity contribution in [2.75, 3.05) is 18.4 Å². The van der Waals surface area contributed by atoms with E-state index < -0.39 is 15.8 Å². The number of anilines is 2. The van der Waals surface area contributed by atoms with Crippen LogP contribution < -0.4 is 5.32 Å². The van der Waals surface area contributed by atoms with Gasteiger partial charge in [-0.2, -0.15) is 4.31 Å². The van der Waals surface area contributed by atoms with Gasteiger partial charge >= 0.3 is 0 Å². The van der Waals surface area contributed by atoms with Crippen LogP contribution in [-0.4, -0.2) is 40.8 Å². The van der Waals surface area contributed by atoms with Crippen molar-refractivity contribution in [3.63, 3.8) is 0 Å². The van der Waals surface area contributed by atoms with Gasteiger partial charge in [-0.25, -0.2) is 22.8 Å². The molecule has 158 valence electrons. The molecule has 3 aromatic rings. The van der Waals surface area contributed by atoms with Gasteiger partial charge in [-0.3, -0.25) is 4.98 Å². The Bertz CT molecular complexity index is 1160. The molecular weight excluding hydrogens is 425 g/mol. The molecule has 30 heavy (non-hydrogen) atoms. The van der Waals surface area contributed by atoms with Crippen LogP contribution in [0.3, 0.4) is 0 Å². The summed E-state index contributed by atoms with van der Waals surface area (Å²) in [5.74, 6) is 0.214. The average molecular weight is 448 g/mol. The Hall–Kier alpha value is -2.43. The van der Waals surface area contributed by atoms with Crippen LogP contribution in [-0.2, 0) is 10.0 Å². The maximum Gasteiger partial charge on any atom is 0.243 e. The van der Waals surface area contributed by atoms with Gasteiger partial charge in [-0.15, -0.1) is 11.3 Å². The molecular formula is C20H22FN5O2S2. The lowest BCUT2D eigenvalue weighted by molar-refractivity contribution is 0.316. The molecule has 1 saturated heterocycles. The predicted molar refractivity (Wildman–Crippen MR) is 114 cm³/mol. The van der Waals surface area contributed by atoms with Crippen molar-refractivity contribution in [3.05, 3.63) is 58.7 Å². The molecule has 1 aliphatic heterocycles. The first-order valence-corrected chi connectivity index (χ1v) is 11.9. The van der Waals surface area contributed by atoms with E-state index in [1.807, 2.05) is 6.92 Å². The van der Waals surface area contributed by atoms with E-state index in [4.69, 9.17) is 0 Å². The Morgan fingerprint density at radius 2 is 1.93 bits per heavy atom. The van der Waals surface area contributed by atoms with Gasteiger partial charge in [-0.1, -0.05) is 6.07 Å². The second-order valence-corrected chi connectivity index (χ2v) is 10.5. The highest BCUT2D eigenvalue weighted by atomic mass is 32.2. The third-order valence-electron chi connectivity index (χ3n) is 5.16. The van der Waals surface area contributed by atoms with Gasteiger partial charge in [0.25, 0.3) is 0 Å². The van der Waals surface area contributed by atoms with Gasteiger partial charge in [0.2, 0.25) is 10.0 Å². The normalized spacial score (nSPS) is 16.0. The highest BCUT2D eigenvalue weighted by Gasteiger charge is 2.31. The molecule has 0 amide bonds. The van der Waals surface area contributed by atoms with Crippen LogP contribution in [0.1, 0.15) is 34.9 Å². The zero-order valence-corrected chi connectivity index (χ0v) is 18.3. The van der Waals surface area contributed by atoms with Crippen molar-refractivity contribution < 1.29 is 12.8 Å². The molecule has 0 unspecified atom stereocenters. The van der Waals surface area contributed by atoms with E-state index in [0.29, 0.717) is 37.3 Å². The fourth-order valence-corrected chi connectivity index (χ4v) is 5.59. The quantitative estimate of drug-likeness (QED) is 0.636.